The van der Waals surface area contributed by atoms with Crippen LogP contribution in [0.5, 0.6) is 0 Å². The third kappa shape index (κ3) is 1.92. The molecule has 28 heavy (non-hydrogen) atoms. The van der Waals surface area contributed by atoms with Crippen molar-refractivity contribution in [2.75, 3.05) is 0 Å². The van der Waals surface area contributed by atoms with Crippen molar-refractivity contribution in [2.45, 2.75) is 0 Å². The standard InChI is InChI=1S/C24H10N2O2/c25-11-17-5-15-7-21-13(9-23(15)27-17)1-3-19-20(21)4-2-14-10-24-16(8-22(14)19)6-18(12-26)28-24/h1-10H. The van der Waals surface area contributed by atoms with Gasteiger partial charge in [-0.1, -0.05) is 24.3 Å². The van der Waals surface area contributed by atoms with Crippen LogP contribution in [0.2, 0.25) is 0 Å². The molecule has 0 unspecified atom stereocenters. The Morgan fingerprint density at radius 1 is 0.500 bits per heavy atom. The van der Waals surface area contributed by atoms with Gasteiger partial charge in [0, 0.05) is 22.9 Å². The van der Waals surface area contributed by atoms with Crippen molar-refractivity contribution in [3.63, 3.8) is 0 Å². The fraction of sp³-hybridized carbons (Fsp3) is 0. The maximum Gasteiger partial charge on any atom is 0.204 e. The zero-order chi connectivity index (χ0) is 18.8. The monoisotopic (exact) mass is 358 g/mol. The second kappa shape index (κ2) is 5.13. The quantitative estimate of drug-likeness (QED) is 0.295. The minimum atomic E-state index is 0.315. The molecule has 0 N–H and O–H groups in total. The molecule has 0 aliphatic rings. The molecule has 0 amide bonds. The van der Waals surface area contributed by atoms with Crippen molar-refractivity contribution in [1.82, 2.24) is 0 Å². The molecule has 0 spiro atoms. The Labute approximate surface area is 158 Å². The molecule has 0 saturated heterocycles. The zero-order valence-corrected chi connectivity index (χ0v) is 14.5. The molecule has 0 saturated carbocycles. The molecule has 4 aromatic carbocycles. The summed E-state index contributed by atoms with van der Waals surface area (Å²) in [5.74, 6) is 0.631. The summed E-state index contributed by atoms with van der Waals surface area (Å²) in [4.78, 5) is 0. The van der Waals surface area contributed by atoms with E-state index in [1.165, 1.54) is 0 Å². The molecule has 4 nitrogen and oxygen atoms in total. The number of rotatable bonds is 0. The number of fused-ring (bicyclic) bond motifs is 7. The Morgan fingerprint density at radius 2 is 0.964 bits per heavy atom. The minimum absolute atomic E-state index is 0.315. The topological polar surface area (TPSA) is 73.9 Å². The van der Waals surface area contributed by atoms with Gasteiger partial charge in [0.25, 0.3) is 0 Å². The Balaban J connectivity index is 1.74. The van der Waals surface area contributed by atoms with Gasteiger partial charge in [0.2, 0.25) is 11.5 Å². The fourth-order valence-corrected chi connectivity index (χ4v) is 4.05. The summed E-state index contributed by atoms with van der Waals surface area (Å²) in [6.07, 6.45) is 0. The molecule has 0 bridgehead atoms. The van der Waals surface area contributed by atoms with Crippen molar-refractivity contribution >= 4 is 54.3 Å². The maximum absolute atomic E-state index is 9.10. The van der Waals surface area contributed by atoms with Gasteiger partial charge in [0.15, 0.2) is 0 Å². The van der Waals surface area contributed by atoms with Crippen LogP contribution >= 0.6 is 0 Å². The van der Waals surface area contributed by atoms with Crippen molar-refractivity contribution in [2.24, 2.45) is 0 Å². The van der Waals surface area contributed by atoms with E-state index in [9.17, 15) is 0 Å². The van der Waals surface area contributed by atoms with Gasteiger partial charge >= 0.3 is 0 Å². The number of nitrogens with zero attached hydrogens (tertiary/aromatic N) is 2. The summed E-state index contributed by atoms with van der Waals surface area (Å²) in [6.45, 7) is 0. The first-order valence-corrected chi connectivity index (χ1v) is 8.80. The van der Waals surface area contributed by atoms with E-state index < -0.39 is 0 Å². The Morgan fingerprint density at radius 3 is 1.39 bits per heavy atom. The first-order chi connectivity index (χ1) is 13.7. The molecule has 0 fully saturated rings. The summed E-state index contributed by atoms with van der Waals surface area (Å²) < 4.78 is 11.1. The third-order valence-electron chi connectivity index (χ3n) is 5.33. The van der Waals surface area contributed by atoms with Crippen LogP contribution in [0.4, 0.5) is 0 Å². The number of hydrogen-bond acceptors (Lipinski definition) is 4. The molecular formula is C24H10N2O2. The molecule has 2 aromatic heterocycles. The lowest BCUT2D eigenvalue weighted by Gasteiger charge is -2.08. The van der Waals surface area contributed by atoms with Crippen LogP contribution in [0, 0.1) is 22.7 Å². The number of benzene rings is 4. The van der Waals surface area contributed by atoms with Gasteiger partial charge in [-0.05, 0) is 56.6 Å². The van der Waals surface area contributed by atoms with Crippen LogP contribution in [0.15, 0.2) is 69.5 Å². The van der Waals surface area contributed by atoms with Gasteiger partial charge < -0.3 is 8.83 Å². The largest absolute Gasteiger partial charge is 0.446 e. The van der Waals surface area contributed by atoms with E-state index in [2.05, 4.69) is 48.5 Å². The first kappa shape index (κ1) is 14.8. The fourth-order valence-electron chi connectivity index (χ4n) is 4.05. The molecule has 0 radical (unpaired) electrons. The summed E-state index contributed by atoms with van der Waals surface area (Å²) >= 11 is 0. The predicted octanol–water partition coefficient (Wildman–Crippen LogP) is 6.38. The van der Waals surface area contributed by atoms with Crippen molar-refractivity contribution in [3.05, 3.63) is 72.2 Å². The highest BCUT2D eigenvalue weighted by molar-refractivity contribution is 6.20. The normalized spacial score (nSPS) is 11.5. The molecule has 6 rings (SSSR count). The van der Waals surface area contributed by atoms with E-state index in [4.69, 9.17) is 19.4 Å². The van der Waals surface area contributed by atoms with E-state index in [-0.39, 0.29) is 0 Å². The summed E-state index contributed by atoms with van der Waals surface area (Å²) in [7, 11) is 0. The SMILES string of the molecule is N#Cc1cc2cc3c(ccc4c5cc6cc(C#N)oc6cc5ccc34)cc2o1. The van der Waals surface area contributed by atoms with Gasteiger partial charge in [0.1, 0.15) is 23.3 Å². The number of hydrogen-bond donors (Lipinski definition) is 0. The summed E-state index contributed by atoms with van der Waals surface area (Å²) in [6, 6.07) is 24.1. The number of nitriles is 2. The van der Waals surface area contributed by atoms with Crippen LogP contribution in [0.25, 0.3) is 54.3 Å². The number of furan rings is 2. The van der Waals surface area contributed by atoms with Crippen LogP contribution in [0.1, 0.15) is 11.5 Å². The van der Waals surface area contributed by atoms with Crippen molar-refractivity contribution < 1.29 is 8.83 Å². The molecule has 2 heterocycles. The summed E-state index contributed by atoms with van der Waals surface area (Å²) in [5.41, 5.74) is 1.43. The molecule has 6 aromatic rings. The molecule has 4 heteroatoms. The Bertz CT molecular complexity index is 1560. The minimum Gasteiger partial charge on any atom is -0.446 e. The Kier molecular flexibility index (Phi) is 2.72. The molecule has 0 atom stereocenters. The van der Waals surface area contributed by atoms with Gasteiger partial charge in [-0.3, -0.25) is 0 Å². The second-order valence-electron chi connectivity index (χ2n) is 6.89. The molecule has 0 aliphatic carbocycles. The maximum atomic E-state index is 9.10. The van der Waals surface area contributed by atoms with Gasteiger partial charge in [-0.2, -0.15) is 10.5 Å². The van der Waals surface area contributed by atoms with Gasteiger partial charge in [-0.15, -0.1) is 0 Å². The van der Waals surface area contributed by atoms with E-state index in [1.54, 1.807) is 12.1 Å². The lowest BCUT2D eigenvalue weighted by molar-refractivity contribution is 0.599. The van der Waals surface area contributed by atoms with Crippen LogP contribution in [0.3, 0.4) is 0 Å². The van der Waals surface area contributed by atoms with Crippen LogP contribution in [-0.2, 0) is 0 Å². The summed E-state index contributed by atoms with van der Waals surface area (Å²) in [5, 5.41) is 26.7. The van der Waals surface area contributed by atoms with E-state index in [1.807, 2.05) is 12.1 Å². The highest BCUT2D eigenvalue weighted by Crippen LogP contribution is 2.36. The smallest absolute Gasteiger partial charge is 0.204 e. The second-order valence-corrected chi connectivity index (χ2v) is 6.89. The average molecular weight is 358 g/mol. The van der Waals surface area contributed by atoms with E-state index in [0.29, 0.717) is 22.7 Å². The van der Waals surface area contributed by atoms with E-state index >= 15 is 0 Å². The lowest BCUT2D eigenvalue weighted by atomic mass is 9.96. The zero-order valence-electron chi connectivity index (χ0n) is 14.5. The van der Waals surface area contributed by atoms with E-state index in [0.717, 1.165) is 43.1 Å². The lowest BCUT2D eigenvalue weighted by Crippen LogP contribution is -1.81. The molecular weight excluding hydrogens is 348 g/mol. The van der Waals surface area contributed by atoms with Crippen LogP contribution in [-0.4, -0.2) is 0 Å². The first-order valence-electron chi connectivity index (χ1n) is 8.80. The third-order valence-corrected chi connectivity index (χ3v) is 5.33. The van der Waals surface area contributed by atoms with Gasteiger partial charge in [0.05, 0.1) is 0 Å². The molecule has 0 aliphatic heterocycles. The van der Waals surface area contributed by atoms with Crippen LogP contribution < -0.4 is 0 Å². The molecule has 128 valence electrons. The highest BCUT2D eigenvalue weighted by Gasteiger charge is 2.11. The Hall–Kier alpha value is -4.28. The average Bonchev–Trinajstić information content (AvgIpc) is 3.32. The predicted molar refractivity (Wildman–Crippen MR) is 108 cm³/mol. The van der Waals surface area contributed by atoms with Crippen molar-refractivity contribution in [3.8, 4) is 12.1 Å². The van der Waals surface area contributed by atoms with Gasteiger partial charge in [-0.25, -0.2) is 0 Å². The van der Waals surface area contributed by atoms with Crippen molar-refractivity contribution in [1.29, 1.82) is 10.5 Å². The highest BCUT2D eigenvalue weighted by atomic mass is 16.3.